The molecule has 34 heavy (non-hydrogen) atoms. The van der Waals surface area contributed by atoms with Crippen LogP contribution in [0.15, 0.2) is 58.6 Å². The van der Waals surface area contributed by atoms with E-state index in [1.807, 2.05) is 48.2 Å². The van der Waals surface area contributed by atoms with Gasteiger partial charge < -0.3 is 19.5 Å². The number of aliphatic hydroxyl groups is 1. The number of amides is 1. The van der Waals surface area contributed by atoms with Crippen LogP contribution in [0.5, 0.6) is 5.75 Å². The Morgan fingerprint density at radius 2 is 2.00 bits per heavy atom. The minimum absolute atomic E-state index is 0.0628. The molecule has 2 aromatic carbocycles. The molecular formula is C25H29N5O4. The van der Waals surface area contributed by atoms with Crippen molar-refractivity contribution >= 4 is 17.5 Å². The lowest BCUT2D eigenvalue weighted by molar-refractivity contribution is -0.138. The van der Waals surface area contributed by atoms with E-state index in [1.165, 1.54) is 0 Å². The van der Waals surface area contributed by atoms with E-state index in [9.17, 15) is 4.79 Å². The third-order valence-corrected chi connectivity index (χ3v) is 6.30. The molecule has 0 bridgehead atoms. The van der Waals surface area contributed by atoms with E-state index < -0.39 is 11.6 Å². The van der Waals surface area contributed by atoms with E-state index in [-0.39, 0.29) is 18.9 Å². The molecule has 0 aromatic heterocycles. The summed E-state index contributed by atoms with van der Waals surface area (Å²) in [6.07, 6.45) is 2.27. The molecule has 1 N–H and O–H groups in total. The van der Waals surface area contributed by atoms with Crippen molar-refractivity contribution in [1.29, 1.82) is 0 Å². The minimum atomic E-state index is -1.16. The molecule has 9 heteroatoms. The van der Waals surface area contributed by atoms with Crippen LogP contribution in [0.2, 0.25) is 0 Å². The summed E-state index contributed by atoms with van der Waals surface area (Å²) in [4.78, 5) is 23.5. The molecule has 2 aliphatic heterocycles. The Balaban J connectivity index is 1.68. The highest BCUT2D eigenvalue weighted by Gasteiger charge is 2.52. The van der Waals surface area contributed by atoms with Crippen molar-refractivity contribution in [3.8, 4) is 5.75 Å². The first-order valence-corrected chi connectivity index (χ1v) is 11.6. The molecular weight excluding hydrogens is 434 g/mol. The lowest BCUT2D eigenvalue weighted by Gasteiger charge is -2.32. The maximum Gasteiger partial charge on any atom is 0.254 e. The summed E-state index contributed by atoms with van der Waals surface area (Å²) in [6.45, 7) is 3.79. The lowest BCUT2D eigenvalue weighted by atomic mass is 9.85. The zero-order valence-corrected chi connectivity index (χ0v) is 19.3. The van der Waals surface area contributed by atoms with E-state index in [0.717, 1.165) is 24.0 Å². The number of benzene rings is 2. The van der Waals surface area contributed by atoms with Gasteiger partial charge in [-0.25, -0.2) is 4.99 Å². The van der Waals surface area contributed by atoms with Crippen LogP contribution in [0.1, 0.15) is 37.3 Å². The Labute approximate surface area is 198 Å². The third kappa shape index (κ3) is 4.85. The van der Waals surface area contributed by atoms with Gasteiger partial charge in [-0.3, -0.25) is 4.79 Å². The highest BCUT2D eigenvalue weighted by molar-refractivity contribution is 6.01. The molecule has 0 radical (unpaired) electrons. The van der Waals surface area contributed by atoms with Crippen LogP contribution in [-0.2, 0) is 16.0 Å². The summed E-state index contributed by atoms with van der Waals surface area (Å²) in [5.74, 6) is 1.03. The monoisotopic (exact) mass is 463 g/mol. The maximum absolute atomic E-state index is 13.8. The van der Waals surface area contributed by atoms with Gasteiger partial charge in [0.05, 0.1) is 6.61 Å². The number of rotatable bonds is 9. The average Bonchev–Trinajstić information content (AvgIpc) is 3.50. The van der Waals surface area contributed by atoms with Gasteiger partial charge in [0.1, 0.15) is 11.9 Å². The van der Waals surface area contributed by atoms with Gasteiger partial charge in [-0.05, 0) is 55.1 Å². The highest BCUT2D eigenvalue weighted by atomic mass is 16.5. The van der Waals surface area contributed by atoms with Crippen molar-refractivity contribution in [2.75, 3.05) is 26.3 Å². The van der Waals surface area contributed by atoms with E-state index in [1.54, 1.807) is 12.1 Å². The number of carbonyl (C=O) groups excluding carboxylic acids is 1. The van der Waals surface area contributed by atoms with Crippen LogP contribution < -0.4 is 4.74 Å². The molecule has 1 saturated heterocycles. The van der Waals surface area contributed by atoms with Crippen LogP contribution in [0.4, 0.5) is 5.69 Å². The Kier molecular flexibility index (Phi) is 7.35. The summed E-state index contributed by atoms with van der Waals surface area (Å²) < 4.78 is 11.8. The van der Waals surface area contributed by atoms with Crippen LogP contribution >= 0.6 is 0 Å². The van der Waals surface area contributed by atoms with E-state index in [0.29, 0.717) is 43.5 Å². The van der Waals surface area contributed by atoms with E-state index in [2.05, 4.69) is 10.0 Å². The molecule has 4 rings (SSSR count). The summed E-state index contributed by atoms with van der Waals surface area (Å²) in [7, 11) is 0. The van der Waals surface area contributed by atoms with Gasteiger partial charge in [-0.1, -0.05) is 29.4 Å². The van der Waals surface area contributed by atoms with Gasteiger partial charge in [-0.15, -0.1) is 0 Å². The van der Waals surface area contributed by atoms with Crippen molar-refractivity contribution in [2.45, 2.75) is 44.2 Å². The molecule has 2 heterocycles. The van der Waals surface area contributed by atoms with Gasteiger partial charge in [-0.2, -0.15) is 0 Å². The number of aliphatic imine (C=N–C) groups is 1. The van der Waals surface area contributed by atoms with Crippen LogP contribution in [0, 0.1) is 0 Å². The van der Waals surface area contributed by atoms with Crippen molar-refractivity contribution in [1.82, 2.24) is 4.90 Å². The fourth-order valence-electron chi connectivity index (χ4n) is 4.42. The predicted molar refractivity (Wildman–Crippen MR) is 128 cm³/mol. The Bertz CT molecular complexity index is 1090. The lowest BCUT2D eigenvalue weighted by Crippen LogP contribution is -2.53. The Morgan fingerprint density at radius 3 is 2.71 bits per heavy atom. The number of ether oxygens (including phenoxy) is 2. The predicted octanol–water partition coefficient (Wildman–Crippen LogP) is 4.16. The Hall–Kier alpha value is -3.55. The highest BCUT2D eigenvalue weighted by Crippen LogP contribution is 2.37. The molecule has 0 unspecified atom stereocenters. The second-order valence-corrected chi connectivity index (χ2v) is 8.55. The maximum atomic E-state index is 13.8. The first-order chi connectivity index (χ1) is 16.6. The molecule has 2 aliphatic rings. The molecule has 2 atom stereocenters. The number of likely N-dealkylation sites (tertiary alicyclic amines) is 1. The number of aliphatic hydroxyl groups excluding tert-OH is 1. The topological polar surface area (TPSA) is 120 Å². The van der Waals surface area contributed by atoms with Gasteiger partial charge in [0.25, 0.3) is 5.91 Å². The Morgan fingerprint density at radius 1 is 1.26 bits per heavy atom. The summed E-state index contributed by atoms with van der Waals surface area (Å²) in [5.41, 5.74) is 9.82. The van der Waals surface area contributed by atoms with E-state index >= 15 is 0 Å². The van der Waals surface area contributed by atoms with Gasteiger partial charge in [0.2, 0.25) is 5.90 Å². The number of carbonyl (C=O) groups is 1. The average molecular weight is 464 g/mol. The van der Waals surface area contributed by atoms with Crippen molar-refractivity contribution < 1.29 is 19.4 Å². The fourth-order valence-corrected chi connectivity index (χ4v) is 4.42. The van der Waals surface area contributed by atoms with Crippen LogP contribution in [-0.4, -0.2) is 59.8 Å². The largest absolute Gasteiger partial charge is 0.494 e. The third-order valence-electron chi connectivity index (χ3n) is 6.30. The summed E-state index contributed by atoms with van der Waals surface area (Å²) >= 11 is 0. The van der Waals surface area contributed by atoms with Gasteiger partial charge in [0, 0.05) is 48.7 Å². The zero-order valence-electron chi connectivity index (χ0n) is 19.3. The quantitative estimate of drug-likeness (QED) is 0.260. The second-order valence-electron chi connectivity index (χ2n) is 8.55. The molecule has 2 aromatic rings. The normalized spacial score (nSPS) is 21.5. The SMILES string of the molecule is C[C@H]1OC(c2ccc(OCCCO)cc2)=N[C@@]1(Cc1ccccc1N=[N+]=[N-])C(=O)N1CCCC1. The van der Waals surface area contributed by atoms with Crippen molar-refractivity contribution in [2.24, 2.45) is 10.1 Å². The summed E-state index contributed by atoms with van der Waals surface area (Å²) in [5, 5.41) is 12.7. The molecule has 178 valence electrons. The molecule has 1 amide bonds. The standard InChI is InChI=1S/C25H29N5O4/c1-18-25(24(32)30-13-4-5-14-30,17-20-7-2-3-8-22(20)28-29-26)27-23(34-18)19-9-11-21(12-10-19)33-16-6-15-31/h2-3,7-12,18,31H,4-6,13-17H2,1H3/t18-,25-/m1/s1. The molecule has 9 nitrogen and oxygen atoms in total. The zero-order chi connectivity index (χ0) is 24.0. The molecule has 0 aliphatic carbocycles. The number of hydrogen-bond acceptors (Lipinski definition) is 6. The van der Waals surface area contributed by atoms with Gasteiger partial charge in [0.15, 0.2) is 5.54 Å². The number of azide groups is 1. The fraction of sp³-hybridized carbons (Fsp3) is 0.440. The smallest absolute Gasteiger partial charge is 0.254 e. The van der Waals surface area contributed by atoms with Gasteiger partial charge >= 0.3 is 0 Å². The number of nitrogens with zero attached hydrogens (tertiary/aromatic N) is 5. The number of hydrogen-bond donors (Lipinski definition) is 1. The second kappa shape index (κ2) is 10.6. The van der Waals surface area contributed by atoms with E-state index in [4.69, 9.17) is 25.1 Å². The van der Waals surface area contributed by atoms with Crippen molar-refractivity contribution in [3.05, 3.63) is 70.1 Å². The first-order valence-electron chi connectivity index (χ1n) is 11.6. The molecule has 0 spiro atoms. The van der Waals surface area contributed by atoms with Crippen LogP contribution in [0.25, 0.3) is 10.4 Å². The summed E-state index contributed by atoms with van der Waals surface area (Å²) in [6, 6.07) is 14.6. The molecule has 0 saturated carbocycles. The molecule has 1 fully saturated rings. The minimum Gasteiger partial charge on any atom is -0.494 e. The van der Waals surface area contributed by atoms with Crippen LogP contribution in [0.3, 0.4) is 0 Å². The van der Waals surface area contributed by atoms with Crippen molar-refractivity contribution in [3.63, 3.8) is 0 Å². The first kappa shape index (κ1) is 23.6.